The highest BCUT2D eigenvalue weighted by Crippen LogP contribution is 2.08. The number of aromatic nitrogens is 1. The maximum Gasteiger partial charge on any atom is 0.133 e. The van der Waals surface area contributed by atoms with Gasteiger partial charge in [-0.2, -0.15) is 0 Å². The molecule has 0 unspecified atom stereocenters. The molecule has 0 atom stereocenters. The van der Waals surface area contributed by atoms with E-state index in [1.807, 2.05) is 6.07 Å². The zero-order valence-corrected chi connectivity index (χ0v) is 8.82. The highest BCUT2D eigenvalue weighted by atomic mass is 16.3. The molecule has 0 aromatic carbocycles. The number of nitrogens with zero attached hydrogens (tertiary/aromatic N) is 2. The third kappa shape index (κ3) is 3.18. The second-order valence-electron chi connectivity index (χ2n) is 3.89. The van der Waals surface area contributed by atoms with Crippen molar-refractivity contribution in [3.8, 4) is 5.75 Å². The second-order valence-corrected chi connectivity index (χ2v) is 3.89. The van der Waals surface area contributed by atoms with E-state index in [1.54, 1.807) is 6.07 Å². The molecule has 82 valence electrons. The lowest BCUT2D eigenvalue weighted by molar-refractivity contribution is 0.150. The first-order valence-corrected chi connectivity index (χ1v) is 5.47. The summed E-state index contributed by atoms with van der Waals surface area (Å²) >= 11 is 0. The Morgan fingerprint density at radius 2 is 2.07 bits per heavy atom. The van der Waals surface area contributed by atoms with Crippen LogP contribution in [0.3, 0.4) is 0 Å². The SMILES string of the molecule is Oc1ccc(CNN2CCCCC2)nc1. The fourth-order valence-electron chi connectivity index (χ4n) is 1.77. The quantitative estimate of drug-likeness (QED) is 0.784. The van der Waals surface area contributed by atoms with Gasteiger partial charge in [-0.1, -0.05) is 6.42 Å². The Hall–Kier alpha value is -1.13. The largest absolute Gasteiger partial charge is 0.506 e. The topological polar surface area (TPSA) is 48.4 Å². The van der Waals surface area contributed by atoms with Gasteiger partial charge in [0.2, 0.25) is 0 Å². The Balaban J connectivity index is 1.79. The third-order valence-electron chi connectivity index (χ3n) is 2.65. The number of rotatable bonds is 3. The Kier molecular flexibility index (Phi) is 3.53. The van der Waals surface area contributed by atoms with Gasteiger partial charge in [-0.05, 0) is 25.0 Å². The minimum atomic E-state index is 0.219. The Morgan fingerprint density at radius 1 is 1.27 bits per heavy atom. The standard InChI is InChI=1S/C11H17N3O/c15-11-5-4-10(12-9-11)8-13-14-6-2-1-3-7-14/h4-5,9,13,15H,1-3,6-8H2. The minimum absolute atomic E-state index is 0.219. The molecule has 2 rings (SSSR count). The lowest BCUT2D eigenvalue weighted by Crippen LogP contribution is -2.41. The van der Waals surface area contributed by atoms with Crippen molar-refractivity contribution >= 4 is 0 Å². The third-order valence-corrected chi connectivity index (χ3v) is 2.65. The van der Waals surface area contributed by atoms with E-state index >= 15 is 0 Å². The van der Waals surface area contributed by atoms with E-state index in [4.69, 9.17) is 5.11 Å². The molecule has 2 N–H and O–H groups in total. The summed E-state index contributed by atoms with van der Waals surface area (Å²) < 4.78 is 0. The summed E-state index contributed by atoms with van der Waals surface area (Å²) in [6.45, 7) is 2.98. The molecule has 1 saturated heterocycles. The summed E-state index contributed by atoms with van der Waals surface area (Å²) in [7, 11) is 0. The molecule has 1 aliphatic heterocycles. The van der Waals surface area contributed by atoms with Gasteiger partial charge in [-0.3, -0.25) is 4.98 Å². The Morgan fingerprint density at radius 3 is 2.73 bits per heavy atom. The van der Waals surface area contributed by atoms with Gasteiger partial charge in [0.1, 0.15) is 5.75 Å². The predicted molar refractivity (Wildman–Crippen MR) is 58.2 cm³/mol. The average molecular weight is 207 g/mol. The van der Waals surface area contributed by atoms with Crippen molar-refractivity contribution in [1.29, 1.82) is 0 Å². The monoisotopic (exact) mass is 207 g/mol. The van der Waals surface area contributed by atoms with Crippen LogP contribution < -0.4 is 5.43 Å². The molecule has 2 heterocycles. The Bertz CT molecular complexity index is 293. The molecule has 1 fully saturated rings. The molecule has 4 nitrogen and oxygen atoms in total. The predicted octanol–water partition coefficient (Wildman–Crippen LogP) is 1.28. The van der Waals surface area contributed by atoms with Crippen LogP contribution in [0.5, 0.6) is 5.75 Å². The van der Waals surface area contributed by atoms with Gasteiger partial charge in [-0.25, -0.2) is 10.4 Å². The van der Waals surface area contributed by atoms with Crippen LogP contribution in [0.1, 0.15) is 25.0 Å². The van der Waals surface area contributed by atoms with Crippen molar-refractivity contribution in [3.05, 3.63) is 24.0 Å². The number of piperidine rings is 1. The van der Waals surface area contributed by atoms with Crippen molar-refractivity contribution in [3.63, 3.8) is 0 Å². The van der Waals surface area contributed by atoms with Crippen molar-refractivity contribution in [2.45, 2.75) is 25.8 Å². The second kappa shape index (κ2) is 5.09. The van der Waals surface area contributed by atoms with Gasteiger partial charge in [0, 0.05) is 13.1 Å². The first-order valence-electron chi connectivity index (χ1n) is 5.47. The molecule has 0 spiro atoms. The summed E-state index contributed by atoms with van der Waals surface area (Å²) in [5.74, 6) is 0.219. The lowest BCUT2D eigenvalue weighted by atomic mass is 10.2. The lowest BCUT2D eigenvalue weighted by Gasteiger charge is -2.26. The first kappa shape index (κ1) is 10.4. The normalized spacial score (nSPS) is 17.9. The van der Waals surface area contributed by atoms with E-state index in [0.717, 1.165) is 25.3 Å². The van der Waals surface area contributed by atoms with Gasteiger partial charge in [0.25, 0.3) is 0 Å². The molecular formula is C11H17N3O. The molecule has 1 aromatic heterocycles. The number of hydrogen-bond acceptors (Lipinski definition) is 4. The molecule has 1 aromatic rings. The van der Waals surface area contributed by atoms with Crippen LogP contribution in [0, 0.1) is 0 Å². The number of hydrazine groups is 1. The molecule has 4 heteroatoms. The van der Waals surface area contributed by atoms with Crippen LogP contribution >= 0.6 is 0 Å². The molecule has 0 amide bonds. The van der Waals surface area contributed by atoms with Crippen LogP contribution in [0.15, 0.2) is 18.3 Å². The van der Waals surface area contributed by atoms with E-state index in [-0.39, 0.29) is 5.75 Å². The number of aromatic hydroxyl groups is 1. The fourth-order valence-corrected chi connectivity index (χ4v) is 1.77. The zero-order chi connectivity index (χ0) is 10.5. The molecule has 0 bridgehead atoms. The van der Waals surface area contributed by atoms with Crippen molar-refractivity contribution < 1.29 is 5.11 Å². The number of hydrogen-bond donors (Lipinski definition) is 2. The Labute approximate surface area is 89.9 Å². The summed E-state index contributed by atoms with van der Waals surface area (Å²) in [4.78, 5) is 4.12. The average Bonchev–Trinajstić information content (AvgIpc) is 2.30. The van der Waals surface area contributed by atoms with E-state index in [0.29, 0.717) is 0 Å². The number of nitrogens with one attached hydrogen (secondary N) is 1. The highest BCUT2D eigenvalue weighted by Gasteiger charge is 2.08. The fraction of sp³-hybridized carbons (Fsp3) is 0.545. The van der Waals surface area contributed by atoms with Crippen LogP contribution in [0.25, 0.3) is 0 Å². The van der Waals surface area contributed by atoms with Crippen LogP contribution in [0.2, 0.25) is 0 Å². The van der Waals surface area contributed by atoms with Gasteiger partial charge in [-0.15, -0.1) is 0 Å². The minimum Gasteiger partial charge on any atom is -0.506 e. The van der Waals surface area contributed by atoms with Crippen LogP contribution in [-0.4, -0.2) is 28.2 Å². The van der Waals surface area contributed by atoms with Gasteiger partial charge < -0.3 is 5.11 Å². The molecule has 0 radical (unpaired) electrons. The molecule has 0 aliphatic carbocycles. The number of pyridine rings is 1. The maximum atomic E-state index is 9.08. The molecular weight excluding hydrogens is 190 g/mol. The van der Waals surface area contributed by atoms with Crippen LogP contribution in [0.4, 0.5) is 0 Å². The summed E-state index contributed by atoms with van der Waals surface area (Å²) in [6, 6.07) is 3.51. The van der Waals surface area contributed by atoms with E-state index < -0.39 is 0 Å². The first-order chi connectivity index (χ1) is 7.34. The van der Waals surface area contributed by atoms with Gasteiger partial charge in [0.15, 0.2) is 0 Å². The van der Waals surface area contributed by atoms with E-state index in [9.17, 15) is 0 Å². The molecule has 1 aliphatic rings. The maximum absolute atomic E-state index is 9.08. The van der Waals surface area contributed by atoms with Gasteiger partial charge >= 0.3 is 0 Å². The van der Waals surface area contributed by atoms with Crippen molar-refractivity contribution in [2.24, 2.45) is 0 Å². The van der Waals surface area contributed by atoms with E-state index in [1.165, 1.54) is 25.5 Å². The summed E-state index contributed by atoms with van der Waals surface area (Å²) in [6.07, 6.45) is 5.37. The van der Waals surface area contributed by atoms with Gasteiger partial charge in [0.05, 0.1) is 18.4 Å². The molecule has 15 heavy (non-hydrogen) atoms. The molecule has 0 saturated carbocycles. The van der Waals surface area contributed by atoms with E-state index in [2.05, 4.69) is 15.4 Å². The smallest absolute Gasteiger partial charge is 0.133 e. The summed E-state index contributed by atoms with van der Waals surface area (Å²) in [5.41, 5.74) is 4.30. The van der Waals surface area contributed by atoms with Crippen molar-refractivity contribution in [2.75, 3.05) is 13.1 Å². The summed E-state index contributed by atoms with van der Waals surface area (Å²) in [5, 5.41) is 11.3. The van der Waals surface area contributed by atoms with Crippen molar-refractivity contribution in [1.82, 2.24) is 15.4 Å². The highest BCUT2D eigenvalue weighted by molar-refractivity contribution is 5.17. The zero-order valence-electron chi connectivity index (χ0n) is 8.82. The van der Waals surface area contributed by atoms with Crippen LogP contribution in [-0.2, 0) is 6.54 Å².